The summed E-state index contributed by atoms with van der Waals surface area (Å²) in [5, 5.41) is 4.06. The second kappa shape index (κ2) is 4.49. The number of nitrogens with one attached hydrogen (secondary N) is 1. The standard InChI is InChI=1S/C10H12BrClN2/c11-7-5-9(12)10(13-6-7)14-8-3-1-2-4-8/h5-6,8H,1-4H2,(H,13,14). The highest BCUT2D eigenvalue weighted by atomic mass is 79.9. The molecule has 2 rings (SSSR count). The molecule has 4 heteroatoms. The van der Waals surface area contributed by atoms with Crippen LogP contribution in [0.5, 0.6) is 0 Å². The Hall–Kier alpha value is -0.280. The predicted octanol–water partition coefficient (Wildman–Crippen LogP) is 3.85. The van der Waals surface area contributed by atoms with Crippen molar-refractivity contribution in [2.24, 2.45) is 0 Å². The van der Waals surface area contributed by atoms with Crippen molar-refractivity contribution in [1.82, 2.24) is 4.98 Å². The SMILES string of the molecule is Clc1cc(Br)cnc1NC1CCCC1. The van der Waals surface area contributed by atoms with Crippen molar-refractivity contribution < 1.29 is 0 Å². The number of hydrogen-bond donors (Lipinski definition) is 1. The van der Waals surface area contributed by atoms with Gasteiger partial charge in [0.05, 0.1) is 5.02 Å². The summed E-state index contributed by atoms with van der Waals surface area (Å²) in [5.74, 6) is 0.807. The molecule has 1 N–H and O–H groups in total. The smallest absolute Gasteiger partial charge is 0.145 e. The van der Waals surface area contributed by atoms with E-state index >= 15 is 0 Å². The Morgan fingerprint density at radius 1 is 1.43 bits per heavy atom. The van der Waals surface area contributed by atoms with Gasteiger partial charge in [0.15, 0.2) is 0 Å². The van der Waals surface area contributed by atoms with Gasteiger partial charge in [0.1, 0.15) is 5.82 Å². The van der Waals surface area contributed by atoms with Gasteiger partial charge < -0.3 is 5.32 Å². The summed E-state index contributed by atoms with van der Waals surface area (Å²) in [6.07, 6.45) is 6.85. The molecule has 14 heavy (non-hydrogen) atoms. The summed E-state index contributed by atoms with van der Waals surface area (Å²) >= 11 is 9.39. The summed E-state index contributed by atoms with van der Waals surface area (Å²) in [6, 6.07) is 2.42. The summed E-state index contributed by atoms with van der Waals surface area (Å²) in [6.45, 7) is 0. The molecule has 0 radical (unpaired) electrons. The zero-order valence-electron chi connectivity index (χ0n) is 7.76. The van der Waals surface area contributed by atoms with Crippen molar-refractivity contribution in [2.75, 3.05) is 5.32 Å². The molecule has 1 aliphatic carbocycles. The number of pyridine rings is 1. The Balaban J connectivity index is 2.08. The lowest BCUT2D eigenvalue weighted by molar-refractivity contribution is 0.750. The lowest BCUT2D eigenvalue weighted by atomic mass is 10.2. The van der Waals surface area contributed by atoms with Crippen LogP contribution >= 0.6 is 27.5 Å². The quantitative estimate of drug-likeness (QED) is 0.887. The largest absolute Gasteiger partial charge is 0.366 e. The van der Waals surface area contributed by atoms with E-state index in [1.165, 1.54) is 25.7 Å². The normalized spacial score (nSPS) is 17.3. The molecule has 0 aliphatic heterocycles. The first-order valence-electron chi connectivity index (χ1n) is 4.83. The van der Waals surface area contributed by atoms with E-state index < -0.39 is 0 Å². The summed E-state index contributed by atoms with van der Waals surface area (Å²) in [7, 11) is 0. The minimum absolute atomic E-state index is 0.557. The molecule has 1 saturated carbocycles. The van der Waals surface area contributed by atoms with Crippen LogP contribution < -0.4 is 5.32 Å². The van der Waals surface area contributed by atoms with Crippen LogP contribution in [0, 0.1) is 0 Å². The first-order chi connectivity index (χ1) is 6.75. The van der Waals surface area contributed by atoms with Crippen LogP contribution in [-0.4, -0.2) is 11.0 Å². The molecule has 1 fully saturated rings. The minimum Gasteiger partial charge on any atom is -0.366 e. The van der Waals surface area contributed by atoms with Gasteiger partial charge in [0, 0.05) is 16.7 Å². The van der Waals surface area contributed by atoms with Crippen LogP contribution in [-0.2, 0) is 0 Å². The molecule has 1 aromatic heterocycles. The highest BCUT2D eigenvalue weighted by Gasteiger charge is 2.16. The summed E-state index contributed by atoms with van der Waals surface area (Å²) in [4.78, 5) is 4.25. The van der Waals surface area contributed by atoms with Crippen molar-refractivity contribution >= 4 is 33.3 Å². The van der Waals surface area contributed by atoms with Crippen molar-refractivity contribution in [3.8, 4) is 0 Å². The monoisotopic (exact) mass is 274 g/mol. The fourth-order valence-corrected chi connectivity index (χ4v) is 2.47. The van der Waals surface area contributed by atoms with Crippen LogP contribution in [0.1, 0.15) is 25.7 Å². The second-order valence-corrected chi connectivity index (χ2v) is 4.93. The third-order valence-corrected chi connectivity index (χ3v) is 3.23. The first kappa shape index (κ1) is 10.2. The van der Waals surface area contributed by atoms with Crippen molar-refractivity contribution in [3.05, 3.63) is 21.8 Å². The molecule has 0 spiro atoms. The number of rotatable bonds is 2. The molecule has 0 aromatic carbocycles. The van der Waals surface area contributed by atoms with E-state index in [9.17, 15) is 0 Å². The highest BCUT2D eigenvalue weighted by Crippen LogP contribution is 2.27. The van der Waals surface area contributed by atoms with Gasteiger partial charge in [0.2, 0.25) is 0 Å². The first-order valence-corrected chi connectivity index (χ1v) is 6.00. The Morgan fingerprint density at radius 3 is 2.79 bits per heavy atom. The summed E-state index contributed by atoms with van der Waals surface area (Å²) < 4.78 is 0.916. The fourth-order valence-electron chi connectivity index (χ4n) is 1.78. The van der Waals surface area contributed by atoms with Gasteiger partial charge >= 0.3 is 0 Å². The van der Waals surface area contributed by atoms with Gasteiger partial charge in [-0.1, -0.05) is 24.4 Å². The Labute approximate surface area is 97.2 Å². The van der Waals surface area contributed by atoms with Crippen LogP contribution in [0.2, 0.25) is 5.02 Å². The Bertz CT molecular complexity index is 324. The van der Waals surface area contributed by atoms with Crippen molar-refractivity contribution in [2.45, 2.75) is 31.7 Å². The molecule has 0 bridgehead atoms. The van der Waals surface area contributed by atoms with Gasteiger partial charge in [-0.3, -0.25) is 0 Å². The minimum atomic E-state index is 0.557. The zero-order chi connectivity index (χ0) is 9.97. The number of hydrogen-bond acceptors (Lipinski definition) is 2. The van der Waals surface area contributed by atoms with Crippen LogP contribution in [0.3, 0.4) is 0 Å². The highest BCUT2D eigenvalue weighted by molar-refractivity contribution is 9.10. The molecule has 0 unspecified atom stereocenters. The van der Waals surface area contributed by atoms with Crippen molar-refractivity contribution in [3.63, 3.8) is 0 Å². The maximum absolute atomic E-state index is 6.05. The second-order valence-electron chi connectivity index (χ2n) is 3.61. The Morgan fingerprint density at radius 2 is 2.14 bits per heavy atom. The topological polar surface area (TPSA) is 24.9 Å². The van der Waals surface area contributed by atoms with E-state index in [-0.39, 0.29) is 0 Å². The molecule has 0 atom stereocenters. The van der Waals surface area contributed by atoms with E-state index in [0.29, 0.717) is 11.1 Å². The van der Waals surface area contributed by atoms with Crippen LogP contribution in [0.25, 0.3) is 0 Å². The lowest BCUT2D eigenvalue weighted by Crippen LogP contribution is -2.15. The lowest BCUT2D eigenvalue weighted by Gasteiger charge is -2.13. The van der Waals surface area contributed by atoms with Gasteiger partial charge in [-0.05, 0) is 34.8 Å². The van der Waals surface area contributed by atoms with E-state index in [1.807, 2.05) is 6.07 Å². The molecule has 0 amide bonds. The van der Waals surface area contributed by atoms with Crippen LogP contribution in [0.15, 0.2) is 16.7 Å². The molecule has 76 valence electrons. The van der Waals surface area contributed by atoms with Gasteiger partial charge in [-0.25, -0.2) is 4.98 Å². The molecule has 1 aliphatic rings. The molecule has 0 saturated heterocycles. The van der Waals surface area contributed by atoms with E-state index in [1.54, 1.807) is 6.20 Å². The third kappa shape index (κ3) is 2.39. The molecular formula is C10H12BrClN2. The average Bonchev–Trinajstić information content (AvgIpc) is 2.62. The molecular weight excluding hydrogens is 263 g/mol. The zero-order valence-corrected chi connectivity index (χ0v) is 10.1. The Kier molecular flexibility index (Phi) is 3.29. The third-order valence-electron chi connectivity index (χ3n) is 2.50. The maximum Gasteiger partial charge on any atom is 0.145 e. The number of halogens is 2. The fraction of sp³-hybridized carbons (Fsp3) is 0.500. The predicted molar refractivity (Wildman–Crippen MR) is 62.8 cm³/mol. The van der Waals surface area contributed by atoms with Gasteiger partial charge in [-0.2, -0.15) is 0 Å². The number of anilines is 1. The average molecular weight is 276 g/mol. The van der Waals surface area contributed by atoms with Crippen LogP contribution in [0.4, 0.5) is 5.82 Å². The summed E-state index contributed by atoms with van der Waals surface area (Å²) in [5.41, 5.74) is 0. The van der Waals surface area contributed by atoms with Gasteiger partial charge in [0.25, 0.3) is 0 Å². The molecule has 2 nitrogen and oxygen atoms in total. The molecule has 1 aromatic rings. The number of aromatic nitrogens is 1. The van der Waals surface area contributed by atoms with Gasteiger partial charge in [-0.15, -0.1) is 0 Å². The van der Waals surface area contributed by atoms with Crippen molar-refractivity contribution in [1.29, 1.82) is 0 Å². The van der Waals surface area contributed by atoms with E-state index in [4.69, 9.17) is 11.6 Å². The number of nitrogens with zero attached hydrogens (tertiary/aromatic N) is 1. The molecule has 1 heterocycles. The van der Waals surface area contributed by atoms with E-state index in [2.05, 4.69) is 26.2 Å². The maximum atomic E-state index is 6.05. The van der Waals surface area contributed by atoms with E-state index in [0.717, 1.165) is 10.3 Å².